The Labute approximate surface area is 97.1 Å². The number of nitrogens with one attached hydrogen (secondary N) is 1. The van der Waals surface area contributed by atoms with Crippen molar-refractivity contribution < 1.29 is 14.3 Å². The highest BCUT2D eigenvalue weighted by atomic mass is 16.5. The quantitative estimate of drug-likeness (QED) is 0.614. The van der Waals surface area contributed by atoms with Crippen LogP contribution in [0, 0.1) is 0 Å². The van der Waals surface area contributed by atoms with Crippen molar-refractivity contribution in [3.05, 3.63) is 0 Å². The molecule has 94 valence electrons. The average molecular weight is 230 g/mol. The van der Waals surface area contributed by atoms with Crippen LogP contribution in [-0.2, 0) is 14.3 Å². The van der Waals surface area contributed by atoms with Gasteiger partial charge < -0.3 is 15.0 Å². The Kier molecular flexibility index (Phi) is 8.52. The van der Waals surface area contributed by atoms with Gasteiger partial charge in [0.15, 0.2) is 0 Å². The molecule has 0 spiro atoms. The van der Waals surface area contributed by atoms with Crippen LogP contribution >= 0.6 is 0 Å². The van der Waals surface area contributed by atoms with E-state index in [0.717, 1.165) is 6.42 Å². The Bertz CT molecular complexity index is 219. The number of hydrogen-bond donors (Lipinski definition) is 1. The molecule has 0 aromatic rings. The van der Waals surface area contributed by atoms with E-state index in [-0.39, 0.29) is 11.8 Å². The zero-order chi connectivity index (χ0) is 12.4. The molecule has 0 radical (unpaired) electrons. The van der Waals surface area contributed by atoms with Crippen LogP contribution in [-0.4, -0.2) is 50.1 Å². The molecule has 16 heavy (non-hydrogen) atoms. The molecule has 2 amide bonds. The highest BCUT2D eigenvalue weighted by Crippen LogP contribution is 1.92. The van der Waals surface area contributed by atoms with Crippen molar-refractivity contribution in [3.63, 3.8) is 0 Å². The number of carbonyl (C=O) groups excluding carboxylic acids is 2. The van der Waals surface area contributed by atoms with Crippen LogP contribution in [0.15, 0.2) is 0 Å². The summed E-state index contributed by atoms with van der Waals surface area (Å²) in [5, 5.41) is 2.74. The molecular weight excluding hydrogens is 208 g/mol. The van der Waals surface area contributed by atoms with Crippen LogP contribution in [0.25, 0.3) is 0 Å². The van der Waals surface area contributed by atoms with E-state index in [1.54, 1.807) is 18.9 Å². The molecular formula is C11H22N2O3. The minimum Gasteiger partial charge on any atom is -0.385 e. The highest BCUT2D eigenvalue weighted by Gasteiger charge is 2.07. The van der Waals surface area contributed by atoms with Crippen molar-refractivity contribution in [2.24, 2.45) is 0 Å². The first kappa shape index (κ1) is 14.9. The van der Waals surface area contributed by atoms with Crippen molar-refractivity contribution in [1.82, 2.24) is 10.2 Å². The smallest absolute Gasteiger partial charge is 0.219 e. The lowest BCUT2D eigenvalue weighted by Gasteiger charge is -2.20. The van der Waals surface area contributed by atoms with Gasteiger partial charge in [0.25, 0.3) is 0 Å². The van der Waals surface area contributed by atoms with Crippen molar-refractivity contribution in [1.29, 1.82) is 0 Å². The van der Waals surface area contributed by atoms with Crippen LogP contribution < -0.4 is 5.32 Å². The standard InChI is InChI=1S/C11H22N2O3/c1-4-11(15)12-6-8-13(10(2)14)7-5-9-16-3/h4-9H2,1-3H3,(H,12,15). The average Bonchev–Trinajstić information content (AvgIpc) is 2.26. The SMILES string of the molecule is CCC(=O)NCCN(CCCOC)C(C)=O. The largest absolute Gasteiger partial charge is 0.385 e. The van der Waals surface area contributed by atoms with Crippen LogP contribution in [0.2, 0.25) is 0 Å². The van der Waals surface area contributed by atoms with Gasteiger partial charge in [-0.3, -0.25) is 9.59 Å². The van der Waals surface area contributed by atoms with E-state index in [2.05, 4.69) is 5.32 Å². The van der Waals surface area contributed by atoms with E-state index < -0.39 is 0 Å². The topological polar surface area (TPSA) is 58.6 Å². The molecule has 5 nitrogen and oxygen atoms in total. The third kappa shape index (κ3) is 7.23. The second kappa shape index (κ2) is 9.15. The fraction of sp³-hybridized carbons (Fsp3) is 0.818. The Balaban J connectivity index is 3.76. The maximum atomic E-state index is 11.3. The van der Waals surface area contributed by atoms with Gasteiger partial charge >= 0.3 is 0 Å². The van der Waals surface area contributed by atoms with E-state index in [1.165, 1.54) is 6.92 Å². The number of amides is 2. The molecule has 0 aliphatic heterocycles. The van der Waals surface area contributed by atoms with Gasteiger partial charge in [-0.2, -0.15) is 0 Å². The molecule has 0 fully saturated rings. The van der Waals surface area contributed by atoms with Gasteiger partial charge in [-0.15, -0.1) is 0 Å². The summed E-state index contributed by atoms with van der Waals surface area (Å²) >= 11 is 0. The van der Waals surface area contributed by atoms with Gasteiger partial charge in [0.2, 0.25) is 11.8 Å². The molecule has 0 heterocycles. The second-order valence-corrected chi connectivity index (χ2v) is 3.56. The van der Waals surface area contributed by atoms with Gasteiger partial charge in [-0.25, -0.2) is 0 Å². The van der Waals surface area contributed by atoms with Gasteiger partial charge in [0, 0.05) is 46.7 Å². The van der Waals surface area contributed by atoms with Crippen LogP contribution in [0.3, 0.4) is 0 Å². The lowest BCUT2D eigenvalue weighted by molar-refractivity contribution is -0.129. The lowest BCUT2D eigenvalue weighted by Crippen LogP contribution is -2.38. The fourth-order valence-corrected chi connectivity index (χ4v) is 1.28. The number of rotatable bonds is 8. The summed E-state index contributed by atoms with van der Waals surface area (Å²) in [6.45, 7) is 5.73. The summed E-state index contributed by atoms with van der Waals surface area (Å²) in [6, 6.07) is 0. The highest BCUT2D eigenvalue weighted by molar-refractivity contribution is 5.75. The van der Waals surface area contributed by atoms with Gasteiger partial charge in [0.1, 0.15) is 0 Å². The van der Waals surface area contributed by atoms with Gasteiger partial charge in [0.05, 0.1) is 0 Å². The van der Waals surface area contributed by atoms with Gasteiger partial charge in [-0.1, -0.05) is 6.92 Å². The first-order valence-electron chi connectivity index (χ1n) is 5.63. The van der Waals surface area contributed by atoms with E-state index in [1.807, 2.05) is 0 Å². The first-order chi connectivity index (χ1) is 7.61. The van der Waals surface area contributed by atoms with Crippen LogP contribution in [0.1, 0.15) is 26.7 Å². The molecule has 5 heteroatoms. The van der Waals surface area contributed by atoms with Crippen molar-refractivity contribution in [2.45, 2.75) is 26.7 Å². The minimum absolute atomic E-state index is 0.0143. The van der Waals surface area contributed by atoms with E-state index in [4.69, 9.17) is 4.74 Å². The number of methoxy groups -OCH3 is 1. The summed E-state index contributed by atoms with van der Waals surface area (Å²) in [5.74, 6) is 0.0437. The van der Waals surface area contributed by atoms with Crippen LogP contribution in [0.4, 0.5) is 0 Å². The van der Waals surface area contributed by atoms with E-state index in [9.17, 15) is 9.59 Å². The predicted octanol–water partition coefficient (Wildman–Crippen LogP) is 0.398. The summed E-state index contributed by atoms with van der Waals surface area (Å²) < 4.78 is 4.92. The molecule has 0 atom stereocenters. The molecule has 0 unspecified atom stereocenters. The monoisotopic (exact) mass is 230 g/mol. The Morgan fingerprint density at radius 1 is 1.31 bits per heavy atom. The third-order valence-electron chi connectivity index (χ3n) is 2.25. The normalized spacial score (nSPS) is 9.94. The molecule has 0 aromatic heterocycles. The summed E-state index contributed by atoms with van der Waals surface area (Å²) in [5.41, 5.74) is 0. The second-order valence-electron chi connectivity index (χ2n) is 3.56. The summed E-state index contributed by atoms with van der Waals surface area (Å²) in [6.07, 6.45) is 1.29. The van der Waals surface area contributed by atoms with Crippen molar-refractivity contribution in [3.8, 4) is 0 Å². The molecule has 0 rings (SSSR count). The van der Waals surface area contributed by atoms with Crippen molar-refractivity contribution in [2.75, 3.05) is 33.4 Å². The maximum absolute atomic E-state index is 11.3. The zero-order valence-corrected chi connectivity index (χ0v) is 10.4. The molecule has 0 aliphatic rings. The zero-order valence-electron chi connectivity index (χ0n) is 10.4. The Morgan fingerprint density at radius 3 is 2.50 bits per heavy atom. The van der Waals surface area contributed by atoms with E-state index in [0.29, 0.717) is 32.7 Å². The lowest BCUT2D eigenvalue weighted by atomic mass is 10.3. The minimum atomic E-state index is 0.0143. The van der Waals surface area contributed by atoms with Gasteiger partial charge in [-0.05, 0) is 6.42 Å². The molecule has 0 bridgehead atoms. The van der Waals surface area contributed by atoms with Crippen LogP contribution in [0.5, 0.6) is 0 Å². The summed E-state index contributed by atoms with van der Waals surface area (Å²) in [4.78, 5) is 24.0. The molecule has 0 saturated heterocycles. The predicted molar refractivity (Wildman–Crippen MR) is 62.0 cm³/mol. The number of carbonyl (C=O) groups is 2. The van der Waals surface area contributed by atoms with Crippen molar-refractivity contribution >= 4 is 11.8 Å². The van der Waals surface area contributed by atoms with E-state index >= 15 is 0 Å². The third-order valence-corrected chi connectivity index (χ3v) is 2.25. The number of hydrogen-bond acceptors (Lipinski definition) is 3. The molecule has 0 saturated carbocycles. The maximum Gasteiger partial charge on any atom is 0.219 e. The first-order valence-corrected chi connectivity index (χ1v) is 5.63. The Morgan fingerprint density at radius 2 is 2.00 bits per heavy atom. The Hall–Kier alpha value is -1.10. The fourth-order valence-electron chi connectivity index (χ4n) is 1.28. The number of nitrogens with zero attached hydrogens (tertiary/aromatic N) is 1. The summed E-state index contributed by atoms with van der Waals surface area (Å²) in [7, 11) is 1.64. The molecule has 0 aromatic carbocycles. The molecule has 0 aliphatic carbocycles. The molecule has 1 N–H and O–H groups in total. The number of ether oxygens (including phenoxy) is 1.